The van der Waals surface area contributed by atoms with Crippen molar-refractivity contribution in [1.29, 1.82) is 0 Å². The zero-order valence-electron chi connectivity index (χ0n) is 15.1. The van der Waals surface area contributed by atoms with Crippen molar-refractivity contribution < 1.29 is 9.53 Å². The van der Waals surface area contributed by atoms with Gasteiger partial charge in [0.25, 0.3) is 0 Å². The second kappa shape index (κ2) is 8.39. The number of carbonyl (C=O) groups is 1. The van der Waals surface area contributed by atoms with Crippen LogP contribution < -0.4 is 15.0 Å². The van der Waals surface area contributed by atoms with Crippen LogP contribution in [0.4, 0.5) is 5.13 Å². The zero-order valence-corrected chi connectivity index (χ0v) is 16.0. The fourth-order valence-electron chi connectivity index (χ4n) is 3.34. The lowest BCUT2D eigenvalue weighted by Crippen LogP contribution is -2.48. The highest BCUT2D eigenvalue weighted by Crippen LogP contribution is 2.30. The van der Waals surface area contributed by atoms with Gasteiger partial charge >= 0.3 is 0 Å². The fourth-order valence-corrected chi connectivity index (χ4v) is 4.34. The molecule has 3 aromatic rings. The molecule has 6 heteroatoms. The molecule has 1 saturated heterocycles. The van der Waals surface area contributed by atoms with Gasteiger partial charge in [-0.1, -0.05) is 41.7 Å². The largest absolute Gasteiger partial charge is 0.493 e. The number of thiazole rings is 1. The Kier molecular flexibility index (Phi) is 5.53. The van der Waals surface area contributed by atoms with Gasteiger partial charge in [0, 0.05) is 19.1 Å². The molecule has 140 valence electrons. The van der Waals surface area contributed by atoms with Gasteiger partial charge in [0.2, 0.25) is 5.91 Å². The zero-order chi connectivity index (χ0) is 18.5. The lowest BCUT2D eigenvalue weighted by Gasteiger charge is -2.32. The number of anilines is 1. The quantitative estimate of drug-likeness (QED) is 0.705. The predicted octanol–water partition coefficient (Wildman–Crippen LogP) is 3.85. The summed E-state index contributed by atoms with van der Waals surface area (Å²) in [5.41, 5.74) is 1.04. The third-order valence-corrected chi connectivity index (χ3v) is 5.78. The number of nitrogens with one attached hydrogen (secondary N) is 1. The van der Waals surface area contributed by atoms with Crippen molar-refractivity contribution in [2.75, 3.05) is 24.6 Å². The standard InChI is InChI=1S/C21H23N3O2S/c25-20(12-14-26-17-8-2-1-3-9-17)22-16-7-6-13-24(15-16)21-23-18-10-4-5-11-19(18)27-21/h1-5,8-11,16H,6-7,12-15H2,(H,22,25). The molecule has 1 amide bonds. The van der Waals surface area contributed by atoms with Crippen LogP contribution in [0.25, 0.3) is 10.2 Å². The summed E-state index contributed by atoms with van der Waals surface area (Å²) in [7, 11) is 0. The van der Waals surface area contributed by atoms with E-state index < -0.39 is 0 Å². The Balaban J connectivity index is 1.28. The van der Waals surface area contributed by atoms with E-state index in [9.17, 15) is 4.79 Å². The third-order valence-electron chi connectivity index (χ3n) is 4.68. The molecule has 4 rings (SSSR count). The number of hydrogen-bond donors (Lipinski definition) is 1. The molecule has 1 aromatic heterocycles. The maximum absolute atomic E-state index is 12.3. The Morgan fingerprint density at radius 2 is 2.00 bits per heavy atom. The highest BCUT2D eigenvalue weighted by atomic mass is 32.1. The molecule has 27 heavy (non-hydrogen) atoms. The number of carbonyl (C=O) groups excluding carboxylic acids is 1. The van der Waals surface area contributed by atoms with E-state index in [-0.39, 0.29) is 11.9 Å². The number of piperidine rings is 1. The minimum atomic E-state index is 0.0436. The Labute approximate surface area is 163 Å². The van der Waals surface area contributed by atoms with Crippen molar-refractivity contribution in [3.8, 4) is 5.75 Å². The number of rotatable bonds is 6. The first-order chi connectivity index (χ1) is 13.3. The number of fused-ring (bicyclic) bond motifs is 1. The van der Waals surface area contributed by atoms with Gasteiger partial charge in [0.05, 0.1) is 23.2 Å². The molecule has 1 aliphatic heterocycles. The van der Waals surface area contributed by atoms with E-state index in [2.05, 4.69) is 16.3 Å². The Bertz CT molecular complexity index is 864. The number of ether oxygens (including phenoxy) is 1. The molecular formula is C21H23N3O2S. The molecule has 0 aliphatic carbocycles. The van der Waals surface area contributed by atoms with Crippen molar-refractivity contribution >= 4 is 32.6 Å². The van der Waals surface area contributed by atoms with E-state index in [0.29, 0.717) is 13.0 Å². The predicted molar refractivity (Wildman–Crippen MR) is 110 cm³/mol. The second-order valence-electron chi connectivity index (χ2n) is 6.73. The molecule has 2 aromatic carbocycles. The Morgan fingerprint density at radius 1 is 1.19 bits per heavy atom. The smallest absolute Gasteiger partial charge is 0.223 e. The van der Waals surface area contributed by atoms with Crippen LogP contribution in [0.3, 0.4) is 0 Å². The molecule has 0 spiro atoms. The van der Waals surface area contributed by atoms with Crippen LogP contribution >= 0.6 is 11.3 Å². The fraction of sp³-hybridized carbons (Fsp3) is 0.333. The van der Waals surface area contributed by atoms with Crippen LogP contribution in [-0.4, -0.2) is 36.6 Å². The lowest BCUT2D eigenvalue weighted by atomic mass is 10.1. The number of amides is 1. The summed E-state index contributed by atoms with van der Waals surface area (Å²) in [5, 5.41) is 4.20. The summed E-state index contributed by atoms with van der Waals surface area (Å²) in [6.07, 6.45) is 2.43. The van der Waals surface area contributed by atoms with E-state index in [4.69, 9.17) is 9.72 Å². The summed E-state index contributed by atoms with van der Waals surface area (Å²) in [5.74, 6) is 0.840. The SMILES string of the molecule is O=C(CCOc1ccccc1)NC1CCCN(c2nc3ccccc3s2)C1. The number of para-hydroxylation sites is 2. The second-order valence-corrected chi connectivity index (χ2v) is 7.74. The number of aromatic nitrogens is 1. The molecule has 0 radical (unpaired) electrons. The molecular weight excluding hydrogens is 358 g/mol. The normalized spacial score (nSPS) is 17.0. The number of hydrogen-bond acceptors (Lipinski definition) is 5. The Morgan fingerprint density at radius 3 is 2.85 bits per heavy atom. The third kappa shape index (κ3) is 4.57. The summed E-state index contributed by atoms with van der Waals surface area (Å²) in [6, 6.07) is 18.0. The van der Waals surface area contributed by atoms with E-state index in [1.54, 1.807) is 11.3 Å². The minimum absolute atomic E-state index is 0.0436. The van der Waals surface area contributed by atoms with Gasteiger partial charge < -0.3 is 15.0 Å². The molecule has 1 aliphatic rings. The topological polar surface area (TPSA) is 54.5 Å². The van der Waals surface area contributed by atoms with Crippen LogP contribution in [0, 0.1) is 0 Å². The van der Waals surface area contributed by atoms with E-state index in [0.717, 1.165) is 42.3 Å². The van der Waals surface area contributed by atoms with Crippen molar-refractivity contribution in [2.24, 2.45) is 0 Å². The highest BCUT2D eigenvalue weighted by Gasteiger charge is 2.23. The average molecular weight is 382 g/mol. The Hall–Kier alpha value is -2.60. The number of benzene rings is 2. The monoisotopic (exact) mass is 381 g/mol. The maximum Gasteiger partial charge on any atom is 0.223 e. The van der Waals surface area contributed by atoms with Gasteiger partial charge in [-0.15, -0.1) is 0 Å². The van der Waals surface area contributed by atoms with E-state index in [1.165, 1.54) is 4.70 Å². The van der Waals surface area contributed by atoms with Gasteiger partial charge in [-0.25, -0.2) is 4.98 Å². The molecule has 0 saturated carbocycles. The summed E-state index contributed by atoms with van der Waals surface area (Å²) in [6.45, 7) is 2.19. The molecule has 1 fully saturated rings. The maximum atomic E-state index is 12.3. The summed E-state index contributed by atoms with van der Waals surface area (Å²) in [4.78, 5) is 19.3. The molecule has 1 atom stereocenters. The first kappa shape index (κ1) is 17.8. The van der Waals surface area contributed by atoms with Gasteiger partial charge in [0.15, 0.2) is 5.13 Å². The van der Waals surface area contributed by atoms with Crippen LogP contribution in [0.15, 0.2) is 54.6 Å². The van der Waals surface area contributed by atoms with Crippen LogP contribution in [0.5, 0.6) is 5.75 Å². The van der Waals surface area contributed by atoms with Gasteiger partial charge in [-0.05, 0) is 37.1 Å². The molecule has 2 heterocycles. The molecule has 1 N–H and O–H groups in total. The number of nitrogens with zero attached hydrogens (tertiary/aromatic N) is 2. The molecule has 1 unspecified atom stereocenters. The summed E-state index contributed by atoms with van der Waals surface area (Å²) < 4.78 is 6.82. The first-order valence-electron chi connectivity index (χ1n) is 9.36. The van der Waals surface area contributed by atoms with Crippen molar-refractivity contribution in [3.05, 3.63) is 54.6 Å². The van der Waals surface area contributed by atoms with Gasteiger partial charge in [-0.2, -0.15) is 0 Å². The van der Waals surface area contributed by atoms with Crippen LogP contribution in [0.2, 0.25) is 0 Å². The molecule has 5 nitrogen and oxygen atoms in total. The lowest BCUT2D eigenvalue weighted by molar-refractivity contribution is -0.122. The van der Waals surface area contributed by atoms with Gasteiger partial charge in [0.1, 0.15) is 5.75 Å². The molecule has 0 bridgehead atoms. The first-order valence-corrected chi connectivity index (χ1v) is 10.2. The van der Waals surface area contributed by atoms with Crippen LogP contribution in [0.1, 0.15) is 19.3 Å². The van der Waals surface area contributed by atoms with Crippen molar-refractivity contribution in [1.82, 2.24) is 10.3 Å². The van der Waals surface area contributed by atoms with Gasteiger partial charge in [-0.3, -0.25) is 4.79 Å². The minimum Gasteiger partial charge on any atom is -0.493 e. The van der Waals surface area contributed by atoms with E-state index >= 15 is 0 Å². The highest BCUT2D eigenvalue weighted by molar-refractivity contribution is 7.22. The summed E-state index contributed by atoms with van der Waals surface area (Å²) >= 11 is 1.72. The van der Waals surface area contributed by atoms with Crippen LogP contribution in [-0.2, 0) is 4.79 Å². The van der Waals surface area contributed by atoms with Crippen molar-refractivity contribution in [2.45, 2.75) is 25.3 Å². The average Bonchev–Trinajstić information content (AvgIpc) is 3.13. The van der Waals surface area contributed by atoms with Crippen molar-refractivity contribution in [3.63, 3.8) is 0 Å². The van der Waals surface area contributed by atoms with E-state index in [1.807, 2.05) is 48.5 Å².